The zero-order valence-corrected chi connectivity index (χ0v) is 10.0. The Morgan fingerprint density at radius 1 is 1.56 bits per heavy atom. The molecule has 1 fully saturated rings. The van der Waals surface area contributed by atoms with Gasteiger partial charge in [0.25, 0.3) is 5.91 Å². The Labute approximate surface area is 95.4 Å². The molecular formula is C11H19NO4. The van der Waals surface area contributed by atoms with Gasteiger partial charge >= 0.3 is 5.97 Å². The molecule has 1 aliphatic heterocycles. The Kier molecular flexibility index (Phi) is 3.91. The largest absolute Gasteiger partial charge is 0.480 e. The molecule has 2 atom stereocenters. The predicted molar refractivity (Wildman–Crippen MR) is 58.1 cm³/mol. The van der Waals surface area contributed by atoms with Crippen molar-refractivity contribution in [3.05, 3.63) is 0 Å². The van der Waals surface area contributed by atoms with E-state index >= 15 is 0 Å². The zero-order chi connectivity index (χ0) is 12.3. The molecule has 0 aromatic carbocycles. The summed E-state index contributed by atoms with van der Waals surface area (Å²) in [4.78, 5) is 24.6. The molecule has 0 spiro atoms. The van der Waals surface area contributed by atoms with Gasteiger partial charge in [-0.05, 0) is 33.6 Å². The molecule has 0 saturated carbocycles. The van der Waals surface area contributed by atoms with Crippen molar-refractivity contribution in [1.82, 2.24) is 4.90 Å². The molecule has 2 unspecified atom stereocenters. The fraction of sp³-hybridized carbons (Fsp3) is 0.818. The van der Waals surface area contributed by atoms with Gasteiger partial charge < -0.3 is 14.7 Å². The minimum Gasteiger partial charge on any atom is -0.480 e. The second-order valence-electron chi connectivity index (χ2n) is 4.27. The Hall–Kier alpha value is -1.10. The Bertz CT molecular complexity index is 292. The van der Waals surface area contributed by atoms with E-state index in [1.165, 1.54) is 4.90 Å². The fourth-order valence-corrected chi connectivity index (χ4v) is 2.08. The first-order valence-corrected chi connectivity index (χ1v) is 5.60. The highest BCUT2D eigenvalue weighted by atomic mass is 16.5. The van der Waals surface area contributed by atoms with Gasteiger partial charge in [0.2, 0.25) is 0 Å². The van der Waals surface area contributed by atoms with Crippen LogP contribution in [-0.4, -0.2) is 46.7 Å². The van der Waals surface area contributed by atoms with Crippen LogP contribution < -0.4 is 0 Å². The first kappa shape index (κ1) is 13.0. The maximum atomic E-state index is 12.0. The van der Waals surface area contributed by atoms with E-state index < -0.39 is 17.6 Å². The van der Waals surface area contributed by atoms with E-state index in [1.807, 2.05) is 6.92 Å². The van der Waals surface area contributed by atoms with Crippen LogP contribution >= 0.6 is 0 Å². The molecule has 1 aliphatic rings. The third-order valence-corrected chi connectivity index (χ3v) is 3.13. The summed E-state index contributed by atoms with van der Waals surface area (Å²) in [5.74, 6) is -1.17. The number of hydrogen-bond donors (Lipinski definition) is 1. The summed E-state index contributed by atoms with van der Waals surface area (Å²) in [6.45, 7) is 6.01. The summed E-state index contributed by atoms with van der Waals surface area (Å²) in [5, 5.41) is 9.17. The summed E-state index contributed by atoms with van der Waals surface area (Å²) in [7, 11) is 0. The fourth-order valence-electron chi connectivity index (χ4n) is 2.08. The van der Waals surface area contributed by atoms with Crippen LogP contribution in [0.1, 0.15) is 33.6 Å². The summed E-state index contributed by atoms with van der Waals surface area (Å²) in [6.07, 6.45) is 0.669. The van der Waals surface area contributed by atoms with Crippen LogP contribution in [0.4, 0.5) is 0 Å². The highest BCUT2D eigenvalue weighted by Gasteiger charge is 2.46. The molecular weight excluding hydrogens is 210 g/mol. The van der Waals surface area contributed by atoms with Crippen molar-refractivity contribution in [3.63, 3.8) is 0 Å². The molecule has 1 saturated heterocycles. The zero-order valence-electron chi connectivity index (χ0n) is 10.0. The Morgan fingerprint density at radius 3 is 2.69 bits per heavy atom. The smallest absolute Gasteiger partial charge is 0.329 e. The van der Waals surface area contributed by atoms with Gasteiger partial charge in [0, 0.05) is 13.2 Å². The predicted octanol–water partition coefficient (Wildman–Crippen LogP) is 0.877. The van der Waals surface area contributed by atoms with Crippen LogP contribution in [0.25, 0.3) is 0 Å². The number of rotatable bonds is 4. The van der Waals surface area contributed by atoms with Crippen molar-refractivity contribution in [2.24, 2.45) is 0 Å². The highest BCUT2D eigenvalue weighted by Crippen LogP contribution is 2.30. The van der Waals surface area contributed by atoms with Crippen molar-refractivity contribution in [2.45, 2.75) is 45.3 Å². The number of carboxylic acid groups (broad SMARTS) is 1. The second kappa shape index (κ2) is 4.82. The van der Waals surface area contributed by atoms with Gasteiger partial charge in [0.05, 0.1) is 0 Å². The van der Waals surface area contributed by atoms with E-state index in [1.54, 1.807) is 13.8 Å². The molecule has 5 nitrogen and oxygen atoms in total. The van der Waals surface area contributed by atoms with Crippen LogP contribution in [0.2, 0.25) is 0 Å². The first-order valence-electron chi connectivity index (χ1n) is 5.60. The van der Waals surface area contributed by atoms with E-state index in [9.17, 15) is 9.59 Å². The SMILES string of the molecule is CCOC(C)C(=O)N1CCCC1(C)C(=O)O. The lowest BCUT2D eigenvalue weighted by Crippen LogP contribution is -2.53. The molecule has 0 radical (unpaired) electrons. The number of aliphatic carboxylic acids is 1. The molecule has 1 heterocycles. The average molecular weight is 229 g/mol. The van der Waals surface area contributed by atoms with Gasteiger partial charge in [-0.1, -0.05) is 0 Å². The van der Waals surface area contributed by atoms with Crippen LogP contribution in [0.5, 0.6) is 0 Å². The number of carbonyl (C=O) groups excluding carboxylic acids is 1. The number of nitrogens with zero attached hydrogens (tertiary/aromatic N) is 1. The summed E-state index contributed by atoms with van der Waals surface area (Å²) < 4.78 is 5.20. The molecule has 92 valence electrons. The maximum Gasteiger partial charge on any atom is 0.329 e. The van der Waals surface area contributed by atoms with Crippen molar-refractivity contribution in [3.8, 4) is 0 Å². The van der Waals surface area contributed by atoms with Gasteiger partial charge in [-0.25, -0.2) is 4.79 Å². The summed E-state index contributed by atoms with van der Waals surface area (Å²) >= 11 is 0. The quantitative estimate of drug-likeness (QED) is 0.777. The van der Waals surface area contributed by atoms with Crippen molar-refractivity contribution in [1.29, 1.82) is 0 Å². The average Bonchev–Trinajstić information content (AvgIpc) is 2.61. The molecule has 16 heavy (non-hydrogen) atoms. The van der Waals surface area contributed by atoms with E-state index in [0.717, 1.165) is 6.42 Å². The van der Waals surface area contributed by atoms with E-state index in [4.69, 9.17) is 9.84 Å². The number of carboxylic acids is 1. The van der Waals surface area contributed by atoms with Crippen molar-refractivity contribution < 1.29 is 19.4 Å². The lowest BCUT2D eigenvalue weighted by Gasteiger charge is -2.32. The molecule has 5 heteroatoms. The summed E-state index contributed by atoms with van der Waals surface area (Å²) in [5.41, 5.74) is -1.07. The molecule has 1 amide bonds. The molecule has 0 aromatic heterocycles. The van der Waals surface area contributed by atoms with Crippen molar-refractivity contribution in [2.75, 3.05) is 13.2 Å². The minimum absolute atomic E-state index is 0.232. The third-order valence-electron chi connectivity index (χ3n) is 3.13. The summed E-state index contributed by atoms with van der Waals surface area (Å²) in [6, 6.07) is 0. The third kappa shape index (κ3) is 2.19. The lowest BCUT2D eigenvalue weighted by molar-refractivity contribution is -0.159. The number of amides is 1. The Morgan fingerprint density at radius 2 is 2.19 bits per heavy atom. The van der Waals surface area contributed by atoms with Gasteiger partial charge in [-0.15, -0.1) is 0 Å². The van der Waals surface area contributed by atoms with Crippen molar-refractivity contribution >= 4 is 11.9 Å². The number of ether oxygens (including phenoxy) is 1. The number of likely N-dealkylation sites (tertiary alicyclic amines) is 1. The van der Waals surface area contributed by atoms with Crippen LogP contribution in [0, 0.1) is 0 Å². The van der Waals surface area contributed by atoms with Gasteiger partial charge in [-0.2, -0.15) is 0 Å². The van der Waals surface area contributed by atoms with E-state index in [0.29, 0.717) is 19.6 Å². The standard InChI is InChI=1S/C11H19NO4/c1-4-16-8(2)9(13)12-7-5-6-11(12,3)10(14)15/h8H,4-7H2,1-3H3,(H,14,15). The maximum absolute atomic E-state index is 12.0. The van der Waals surface area contributed by atoms with Crippen LogP contribution in [0.15, 0.2) is 0 Å². The van der Waals surface area contributed by atoms with E-state index in [-0.39, 0.29) is 5.91 Å². The topological polar surface area (TPSA) is 66.8 Å². The number of hydrogen-bond acceptors (Lipinski definition) is 3. The normalized spacial score (nSPS) is 26.8. The highest BCUT2D eigenvalue weighted by molar-refractivity contribution is 5.89. The monoisotopic (exact) mass is 229 g/mol. The Balaban J connectivity index is 2.79. The van der Waals surface area contributed by atoms with Crippen LogP contribution in [-0.2, 0) is 14.3 Å². The van der Waals surface area contributed by atoms with Crippen LogP contribution in [0.3, 0.4) is 0 Å². The van der Waals surface area contributed by atoms with E-state index in [2.05, 4.69) is 0 Å². The number of carbonyl (C=O) groups is 2. The minimum atomic E-state index is -1.07. The molecule has 1 N–H and O–H groups in total. The van der Waals surface area contributed by atoms with Gasteiger partial charge in [0.1, 0.15) is 11.6 Å². The molecule has 0 bridgehead atoms. The second-order valence-corrected chi connectivity index (χ2v) is 4.27. The van der Waals surface area contributed by atoms with Gasteiger partial charge in [0.15, 0.2) is 0 Å². The first-order chi connectivity index (χ1) is 7.43. The lowest BCUT2D eigenvalue weighted by atomic mass is 9.99. The molecule has 0 aliphatic carbocycles. The van der Waals surface area contributed by atoms with Gasteiger partial charge in [-0.3, -0.25) is 4.79 Å². The molecule has 1 rings (SSSR count). The molecule has 0 aromatic rings.